The average Bonchev–Trinajstić information content (AvgIpc) is 3.60. The molecule has 0 aliphatic heterocycles. The van der Waals surface area contributed by atoms with Gasteiger partial charge in [0.2, 0.25) is 5.91 Å². The summed E-state index contributed by atoms with van der Waals surface area (Å²) >= 11 is 5.70. The maximum Gasteiger partial charge on any atom is 0.418 e. The summed E-state index contributed by atoms with van der Waals surface area (Å²) in [5.74, 6) is -0.431. The van der Waals surface area contributed by atoms with Gasteiger partial charge in [-0.2, -0.15) is 13.2 Å². The lowest BCUT2D eigenvalue weighted by atomic mass is 9.96. The molecule has 0 bridgehead atoms. The van der Waals surface area contributed by atoms with Crippen molar-refractivity contribution in [2.24, 2.45) is 5.41 Å². The molecule has 0 unspecified atom stereocenters. The second-order valence-corrected chi connectivity index (χ2v) is 8.48. The first-order valence-electron chi connectivity index (χ1n) is 10.3. The summed E-state index contributed by atoms with van der Waals surface area (Å²) in [6.45, 7) is 0.123. The summed E-state index contributed by atoms with van der Waals surface area (Å²) in [4.78, 5) is 36.9. The fourth-order valence-electron chi connectivity index (χ4n) is 3.46. The van der Waals surface area contributed by atoms with E-state index < -0.39 is 17.2 Å². The number of nitrogens with zero attached hydrogens (tertiary/aromatic N) is 3. The lowest BCUT2D eigenvalue weighted by Crippen LogP contribution is -2.33. The fraction of sp³-hybridized carbons (Fsp3) is 0.261. The number of hydrogen-bond donors (Lipinski definition) is 2. The van der Waals surface area contributed by atoms with Gasteiger partial charge in [-0.15, -0.1) is 0 Å². The predicted molar refractivity (Wildman–Crippen MR) is 118 cm³/mol. The number of ketones is 1. The van der Waals surface area contributed by atoms with Crippen LogP contribution in [0.25, 0.3) is 0 Å². The third-order valence-corrected chi connectivity index (χ3v) is 5.77. The van der Waals surface area contributed by atoms with Crippen molar-refractivity contribution in [2.75, 3.05) is 5.32 Å². The van der Waals surface area contributed by atoms with Gasteiger partial charge in [0.25, 0.3) is 0 Å². The van der Waals surface area contributed by atoms with Crippen molar-refractivity contribution in [3.63, 3.8) is 0 Å². The van der Waals surface area contributed by atoms with E-state index in [1.165, 1.54) is 37.1 Å². The third kappa shape index (κ3) is 5.51. The number of rotatable bonds is 8. The van der Waals surface area contributed by atoms with Crippen LogP contribution < -0.4 is 10.6 Å². The molecule has 1 aliphatic rings. The molecule has 3 aromatic rings. The SMILES string of the molecule is O=C(CC1(C(=O)NCc2ccc(Nc3ccc(Cl)cc3C(F)(F)F)cn2)CC1)c1cncnc1. The largest absolute Gasteiger partial charge is 0.418 e. The molecule has 1 amide bonds. The van der Waals surface area contributed by atoms with Crippen LogP contribution in [0.5, 0.6) is 0 Å². The van der Waals surface area contributed by atoms with E-state index in [1.807, 2.05) is 0 Å². The van der Waals surface area contributed by atoms with E-state index in [-0.39, 0.29) is 35.4 Å². The van der Waals surface area contributed by atoms with Crippen molar-refractivity contribution in [2.45, 2.75) is 32.0 Å². The highest BCUT2D eigenvalue weighted by atomic mass is 35.5. The minimum absolute atomic E-state index is 0.0191. The molecular formula is C23H19ClF3N5O2. The van der Waals surface area contributed by atoms with Gasteiger partial charge in [-0.3, -0.25) is 14.6 Å². The van der Waals surface area contributed by atoms with Gasteiger partial charge in [0.15, 0.2) is 5.78 Å². The molecule has 0 saturated heterocycles. The summed E-state index contributed by atoms with van der Waals surface area (Å²) in [6, 6.07) is 6.62. The Morgan fingerprint density at radius 2 is 1.79 bits per heavy atom. The molecular weight excluding hydrogens is 471 g/mol. The van der Waals surface area contributed by atoms with Gasteiger partial charge in [0, 0.05) is 23.8 Å². The van der Waals surface area contributed by atoms with Crippen molar-refractivity contribution >= 4 is 34.7 Å². The monoisotopic (exact) mass is 489 g/mol. The first-order chi connectivity index (χ1) is 16.2. The molecule has 0 atom stereocenters. The number of aromatic nitrogens is 3. The third-order valence-electron chi connectivity index (χ3n) is 5.54. The summed E-state index contributed by atoms with van der Waals surface area (Å²) in [5, 5.41) is 5.47. The Morgan fingerprint density at radius 3 is 2.41 bits per heavy atom. The van der Waals surface area contributed by atoms with Crippen molar-refractivity contribution in [1.82, 2.24) is 20.3 Å². The van der Waals surface area contributed by atoms with Gasteiger partial charge in [-0.05, 0) is 43.2 Å². The van der Waals surface area contributed by atoms with Crippen molar-refractivity contribution in [1.29, 1.82) is 0 Å². The summed E-state index contributed by atoms with van der Waals surface area (Å²) in [6.07, 6.45) is 2.27. The highest BCUT2D eigenvalue weighted by Crippen LogP contribution is 2.49. The number of nitrogens with one attached hydrogen (secondary N) is 2. The lowest BCUT2D eigenvalue weighted by molar-refractivity contribution is -0.137. The van der Waals surface area contributed by atoms with E-state index in [2.05, 4.69) is 25.6 Å². The first-order valence-corrected chi connectivity index (χ1v) is 10.7. The fourth-order valence-corrected chi connectivity index (χ4v) is 3.64. The number of halogens is 4. The summed E-state index contributed by atoms with van der Waals surface area (Å²) in [7, 11) is 0. The van der Waals surface area contributed by atoms with E-state index in [4.69, 9.17) is 11.6 Å². The molecule has 0 radical (unpaired) electrons. The number of carbonyl (C=O) groups excluding carboxylic acids is 2. The van der Waals surface area contributed by atoms with E-state index in [0.717, 1.165) is 6.07 Å². The van der Waals surface area contributed by atoms with Crippen LogP contribution in [0.15, 0.2) is 55.2 Å². The normalized spacial score (nSPS) is 14.4. The van der Waals surface area contributed by atoms with Gasteiger partial charge in [0.1, 0.15) is 6.33 Å². The molecule has 7 nitrogen and oxygen atoms in total. The number of Topliss-reactive ketones (excluding diaryl/α,β-unsaturated/α-hetero) is 1. The van der Waals surface area contributed by atoms with Crippen LogP contribution in [0, 0.1) is 5.41 Å². The second-order valence-electron chi connectivity index (χ2n) is 8.04. The molecule has 2 heterocycles. The number of benzene rings is 1. The predicted octanol–water partition coefficient (Wildman–Crippen LogP) is 4.96. The van der Waals surface area contributed by atoms with Crippen LogP contribution in [0.1, 0.15) is 40.9 Å². The maximum atomic E-state index is 13.3. The van der Waals surface area contributed by atoms with Crippen LogP contribution in [0.4, 0.5) is 24.5 Å². The number of alkyl halides is 3. The van der Waals surface area contributed by atoms with E-state index in [9.17, 15) is 22.8 Å². The number of amides is 1. The zero-order chi connectivity index (χ0) is 24.3. The quantitative estimate of drug-likeness (QED) is 0.434. The Labute approximate surface area is 197 Å². The van der Waals surface area contributed by atoms with Crippen molar-refractivity contribution < 1.29 is 22.8 Å². The zero-order valence-electron chi connectivity index (χ0n) is 17.7. The van der Waals surface area contributed by atoms with Crippen molar-refractivity contribution in [3.05, 3.63) is 77.1 Å². The van der Waals surface area contributed by atoms with Gasteiger partial charge >= 0.3 is 6.18 Å². The topological polar surface area (TPSA) is 96.9 Å². The van der Waals surface area contributed by atoms with Crippen LogP contribution in [-0.4, -0.2) is 26.6 Å². The Hall–Kier alpha value is -3.53. The number of carbonyl (C=O) groups is 2. The molecule has 34 heavy (non-hydrogen) atoms. The summed E-state index contributed by atoms with van der Waals surface area (Å²) in [5.41, 5.74) is -0.550. The lowest BCUT2D eigenvalue weighted by Gasteiger charge is -2.16. The molecule has 176 valence electrons. The van der Waals surface area contributed by atoms with Crippen LogP contribution >= 0.6 is 11.6 Å². The maximum absolute atomic E-state index is 13.3. The first kappa shape index (κ1) is 23.6. The average molecular weight is 490 g/mol. The molecule has 2 N–H and O–H groups in total. The Balaban J connectivity index is 1.35. The van der Waals surface area contributed by atoms with Gasteiger partial charge in [-0.1, -0.05) is 11.6 Å². The molecule has 0 spiro atoms. The molecule has 4 rings (SSSR count). The Morgan fingerprint density at radius 1 is 1.06 bits per heavy atom. The molecule has 1 fully saturated rings. The smallest absolute Gasteiger partial charge is 0.354 e. The van der Waals surface area contributed by atoms with E-state index in [1.54, 1.807) is 12.1 Å². The Bertz CT molecular complexity index is 1200. The number of anilines is 2. The second kappa shape index (κ2) is 9.38. The Kier molecular flexibility index (Phi) is 6.52. The van der Waals surface area contributed by atoms with Gasteiger partial charge in [0.05, 0.1) is 46.4 Å². The standard InChI is InChI=1S/C23H19ClF3N5O2/c24-15-1-4-19(18(7-15)23(25,26)27)32-17-3-2-16(30-12-17)11-31-21(34)22(5-6-22)8-20(33)14-9-28-13-29-10-14/h1-4,7,9-10,12-13,32H,5-6,8,11H2,(H,31,34). The van der Waals surface area contributed by atoms with Crippen LogP contribution in [0.2, 0.25) is 5.02 Å². The van der Waals surface area contributed by atoms with E-state index in [0.29, 0.717) is 29.8 Å². The molecule has 1 aromatic carbocycles. The van der Waals surface area contributed by atoms with Crippen molar-refractivity contribution in [3.8, 4) is 0 Å². The molecule has 2 aromatic heterocycles. The van der Waals surface area contributed by atoms with E-state index >= 15 is 0 Å². The van der Waals surface area contributed by atoms with Crippen LogP contribution in [-0.2, 0) is 17.5 Å². The zero-order valence-corrected chi connectivity index (χ0v) is 18.5. The number of pyridine rings is 1. The highest BCUT2D eigenvalue weighted by Gasteiger charge is 2.51. The molecule has 11 heteroatoms. The van der Waals surface area contributed by atoms with Gasteiger partial charge < -0.3 is 10.6 Å². The molecule has 1 saturated carbocycles. The number of hydrogen-bond acceptors (Lipinski definition) is 6. The minimum Gasteiger partial charge on any atom is -0.354 e. The summed E-state index contributed by atoms with van der Waals surface area (Å²) < 4.78 is 39.8. The molecule has 1 aliphatic carbocycles. The van der Waals surface area contributed by atoms with Crippen LogP contribution in [0.3, 0.4) is 0 Å². The minimum atomic E-state index is -4.57. The van der Waals surface area contributed by atoms with Gasteiger partial charge in [-0.25, -0.2) is 9.97 Å². The highest BCUT2D eigenvalue weighted by molar-refractivity contribution is 6.30.